The van der Waals surface area contributed by atoms with Gasteiger partial charge in [0.05, 0.1) is 18.8 Å². The highest BCUT2D eigenvalue weighted by molar-refractivity contribution is 5.00. The first-order valence-electron chi connectivity index (χ1n) is 5.89. The molecule has 0 aliphatic carbocycles. The van der Waals surface area contributed by atoms with Crippen LogP contribution in [0.25, 0.3) is 0 Å². The third-order valence-electron chi connectivity index (χ3n) is 2.67. The maximum absolute atomic E-state index is 5.99. The summed E-state index contributed by atoms with van der Waals surface area (Å²) >= 11 is 0. The summed E-state index contributed by atoms with van der Waals surface area (Å²) in [7, 11) is 0. The van der Waals surface area contributed by atoms with Crippen LogP contribution in [0.2, 0.25) is 0 Å². The zero-order chi connectivity index (χ0) is 11.1. The summed E-state index contributed by atoms with van der Waals surface area (Å²) in [5.74, 6) is 0. The molecular formula is C13H22O2. The van der Waals surface area contributed by atoms with E-state index in [-0.39, 0.29) is 5.60 Å². The van der Waals surface area contributed by atoms with E-state index in [0.717, 1.165) is 32.3 Å². The Morgan fingerprint density at radius 2 is 2.07 bits per heavy atom. The van der Waals surface area contributed by atoms with Gasteiger partial charge in [-0.05, 0) is 18.9 Å². The van der Waals surface area contributed by atoms with Crippen LogP contribution < -0.4 is 0 Å². The molecule has 0 aromatic heterocycles. The molecule has 1 fully saturated rings. The molecule has 15 heavy (non-hydrogen) atoms. The zero-order valence-corrected chi connectivity index (χ0v) is 9.92. The predicted octanol–water partition coefficient (Wildman–Crippen LogP) is 3.08. The highest BCUT2D eigenvalue weighted by atomic mass is 16.6. The largest absolute Gasteiger partial charge is 0.371 e. The molecule has 2 heteroatoms. The summed E-state index contributed by atoms with van der Waals surface area (Å²) in [6.07, 6.45) is 6.62. The summed E-state index contributed by atoms with van der Waals surface area (Å²) < 4.78 is 11.2. The van der Waals surface area contributed by atoms with Gasteiger partial charge in [-0.25, -0.2) is 0 Å². The normalized spacial score (nSPS) is 19.7. The van der Waals surface area contributed by atoms with E-state index < -0.39 is 0 Å². The molecule has 0 saturated carbocycles. The zero-order valence-electron chi connectivity index (χ0n) is 9.92. The average Bonchev–Trinajstić information content (AvgIpc) is 2.99. The summed E-state index contributed by atoms with van der Waals surface area (Å²) in [6, 6.07) is 0. The molecule has 1 unspecified atom stereocenters. The van der Waals surface area contributed by atoms with Crippen molar-refractivity contribution in [3.63, 3.8) is 0 Å². The molecule has 0 spiro atoms. The van der Waals surface area contributed by atoms with Crippen LogP contribution in [0.15, 0.2) is 18.4 Å². The van der Waals surface area contributed by atoms with E-state index >= 15 is 0 Å². The fraction of sp³-hybridized carbons (Fsp3) is 0.769. The van der Waals surface area contributed by atoms with Crippen molar-refractivity contribution in [3.8, 4) is 0 Å². The van der Waals surface area contributed by atoms with Crippen molar-refractivity contribution in [2.75, 3.05) is 13.2 Å². The van der Waals surface area contributed by atoms with Crippen molar-refractivity contribution in [1.29, 1.82) is 0 Å². The van der Waals surface area contributed by atoms with Crippen molar-refractivity contribution in [2.45, 2.75) is 51.2 Å². The van der Waals surface area contributed by atoms with Gasteiger partial charge >= 0.3 is 0 Å². The smallest absolute Gasteiger partial charge is 0.104 e. The molecule has 0 radical (unpaired) electrons. The molecule has 86 valence electrons. The minimum atomic E-state index is -0.156. The average molecular weight is 210 g/mol. The first-order chi connectivity index (χ1) is 7.26. The van der Waals surface area contributed by atoms with E-state index in [1.54, 1.807) is 0 Å². The molecule has 0 N–H and O–H groups in total. The van der Waals surface area contributed by atoms with E-state index in [2.05, 4.69) is 26.2 Å². The number of rotatable bonds is 8. The van der Waals surface area contributed by atoms with E-state index in [1.807, 2.05) is 6.08 Å². The van der Waals surface area contributed by atoms with Gasteiger partial charge in [0.25, 0.3) is 0 Å². The Balaban J connectivity index is 2.54. The third kappa shape index (κ3) is 4.21. The minimum Gasteiger partial charge on any atom is -0.371 e. The maximum Gasteiger partial charge on any atom is 0.104 e. The van der Waals surface area contributed by atoms with Gasteiger partial charge in [-0.2, -0.15) is 0 Å². The van der Waals surface area contributed by atoms with Gasteiger partial charge in [-0.1, -0.05) is 33.3 Å². The molecule has 2 nitrogen and oxygen atoms in total. The van der Waals surface area contributed by atoms with Crippen molar-refractivity contribution < 1.29 is 9.47 Å². The van der Waals surface area contributed by atoms with E-state index in [4.69, 9.17) is 9.47 Å². The van der Waals surface area contributed by atoms with Crippen LogP contribution >= 0.6 is 0 Å². The van der Waals surface area contributed by atoms with E-state index in [0.29, 0.717) is 12.7 Å². The molecule has 1 heterocycles. The lowest BCUT2D eigenvalue weighted by atomic mass is 9.92. The molecule has 0 aromatic rings. The van der Waals surface area contributed by atoms with Gasteiger partial charge in [0.15, 0.2) is 0 Å². The highest BCUT2D eigenvalue weighted by Crippen LogP contribution is 2.27. The molecular weight excluding hydrogens is 188 g/mol. The Morgan fingerprint density at radius 3 is 2.47 bits per heavy atom. The van der Waals surface area contributed by atoms with Gasteiger partial charge < -0.3 is 9.47 Å². The van der Waals surface area contributed by atoms with Crippen molar-refractivity contribution >= 4 is 0 Å². The van der Waals surface area contributed by atoms with Crippen LogP contribution in [0.5, 0.6) is 0 Å². The number of epoxide rings is 1. The number of hydrogen-bond acceptors (Lipinski definition) is 2. The monoisotopic (exact) mass is 210 g/mol. The van der Waals surface area contributed by atoms with Crippen LogP contribution in [-0.2, 0) is 9.47 Å². The van der Waals surface area contributed by atoms with Crippen LogP contribution in [-0.4, -0.2) is 24.9 Å². The minimum absolute atomic E-state index is 0.156. The van der Waals surface area contributed by atoms with Crippen LogP contribution in [0, 0.1) is 0 Å². The molecule has 0 aromatic carbocycles. The van der Waals surface area contributed by atoms with Gasteiger partial charge in [0.1, 0.15) is 6.10 Å². The van der Waals surface area contributed by atoms with Gasteiger partial charge in [0, 0.05) is 0 Å². The van der Waals surface area contributed by atoms with Gasteiger partial charge in [-0.15, -0.1) is 5.73 Å². The number of ether oxygens (including phenoxy) is 2. The Hall–Kier alpha value is -0.560. The third-order valence-corrected chi connectivity index (χ3v) is 2.67. The van der Waals surface area contributed by atoms with Crippen molar-refractivity contribution in [3.05, 3.63) is 18.4 Å². The molecule has 1 aliphatic rings. The lowest BCUT2D eigenvalue weighted by molar-refractivity contribution is -0.0279. The second-order valence-corrected chi connectivity index (χ2v) is 4.18. The lowest BCUT2D eigenvalue weighted by Crippen LogP contribution is -2.31. The van der Waals surface area contributed by atoms with Crippen molar-refractivity contribution in [2.24, 2.45) is 0 Å². The molecule has 1 aliphatic heterocycles. The molecule has 0 amide bonds. The first kappa shape index (κ1) is 12.5. The second kappa shape index (κ2) is 6.12. The summed E-state index contributed by atoms with van der Waals surface area (Å²) in [5.41, 5.74) is 2.73. The maximum atomic E-state index is 5.99. The molecule has 1 atom stereocenters. The van der Waals surface area contributed by atoms with Gasteiger partial charge in [0.2, 0.25) is 0 Å². The Bertz CT molecular complexity index is 219. The second-order valence-electron chi connectivity index (χ2n) is 4.18. The highest BCUT2D eigenvalue weighted by Gasteiger charge is 2.31. The molecule has 0 bridgehead atoms. The molecule has 1 rings (SSSR count). The van der Waals surface area contributed by atoms with Crippen LogP contribution in [0.1, 0.15) is 39.5 Å². The fourth-order valence-corrected chi connectivity index (χ4v) is 1.91. The van der Waals surface area contributed by atoms with Crippen LogP contribution in [0.3, 0.4) is 0 Å². The SMILES string of the molecule is C=C=CC(CCC)(CCC)OCC1CO1. The summed E-state index contributed by atoms with van der Waals surface area (Å²) in [6.45, 7) is 9.58. The standard InChI is InChI=1S/C13H22O2/c1-4-7-13(8-5-2,9-6-3)15-11-12-10-14-12/h7,12H,1,5-6,8-11H2,2-3H3. The Kier molecular flexibility index (Phi) is 5.10. The van der Waals surface area contributed by atoms with E-state index in [1.165, 1.54) is 0 Å². The Morgan fingerprint density at radius 1 is 1.47 bits per heavy atom. The Labute approximate surface area is 93.0 Å². The molecule has 1 saturated heterocycles. The fourth-order valence-electron chi connectivity index (χ4n) is 1.91. The topological polar surface area (TPSA) is 21.8 Å². The lowest BCUT2D eigenvalue weighted by Gasteiger charge is -2.29. The quantitative estimate of drug-likeness (QED) is 0.453. The van der Waals surface area contributed by atoms with Crippen LogP contribution in [0.4, 0.5) is 0 Å². The van der Waals surface area contributed by atoms with Crippen molar-refractivity contribution in [1.82, 2.24) is 0 Å². The first-order valence-corrected chi connectivity index (χ1v) is 5.89. The number of hydrogen-bond donors (Lipinski definition) is 0. The summed E-state index contributed by atoms with van der Waals surface area (Å²) in [4.78, 5) is 0. The van der Waals surface area contributed by atoms with E-state index in [9.17, 15) is 0 Å². The predicted molar refractivity (Wildman–Crippen MR) is 61.9 cm³/mol. The van der Waals surface area contributed by atoms with Gasteiger partial charge in [-0.3, -0.25) is 0 Å². The summed E-state index contributed by atoms with van der Waals surface area (Å²) in [5, 5.41) is 0.